The number of carbonyl (C=O) groups is 3. The molecule has 9 heteroatoms. The van der Waals surface area contributed by atoms with E-state index >= 15 is 0 Å². The highest BCUT2D eigenvalue weighted by Crippen LogP contribution is 2.32. The van der Waals surface area contributed by atoms with Gasteiger partial charge in [0, 0.05) is 18.0 Å². The molecule has 2 aromatic carbocycles. The zero-order valence-electron chi connectivity index (χ0n) is 20.8. The molecule has 0 aliphatic heterocycles. The van der Waals surface area contributed by atoms with Gasteiger partial charge in [-0.2, -0.15) is 0 Å². The molecule has 0 saturated heterocycles. The molecule has 0 saturated carbocycles. The van der Waals surface area contributed by atoms with Crippen molar-refractivity contribution in [2.45, 2.75) is 39.3 Å². The zero-order chi connectivity index (χ0) is 26.1. The van der Waals surface area contributed by atoms with Gasteiger partial charge in [0.2, 0.25) is 0 Å². The van der Waals surface area contributed by atoms with Crippen molar-refractivity contribution >= 4 is 28.8 Å². The molecule has 1 atom stereocenters. The number of amides is 2. The van der Waals surface area contributed by atoms with Crippen molar-refractivity contribution in [1.82, 2.24) is 20.6 Å². The Hall–Kier alpha value is -4.53. The van der Waals surface area contributed by atoms with Gasteiger partial charge in [-0.15, -0.1) is 0 Å². The Morgan fingerprint density at radius 1 is 1.03 bits per heavy atom. The smallest absolute Gasteiger partial charge is 0.337 e. The normalized spacial score (nSPS) is 14.3. The number of hydrogen-bond acceptors (Lipinski definition) is 7. The highest BCUT2D eigenvalue weighted by atomic mass is 16.5. The number of aryl methyl sites for hydroxylation is 3. The van der Waals surface area contributed by atoms with Gasteiger partial charge in [0.05, 0.1) is 18.7 Å². The van der Waals surface area contributed by atoms with Crippen molar-refractivity contribution in [3.8, 4) is 0 Å². The van der Waals surface area contributed by atoms with Crippen molar-refractivity contribution in [2.24, 2.45) is 0 Å². The Kier molecular flexibility index (Phi) is 6.43. The van der Waals surface area contributed by atoms with E-state index in [9.17, 15) is 14.4 Å². The number of hydrogen-bond donors (Lipinski definition) is 2. The number of nitrogens with one attached hydrogen (secondary N) is 2. The third-order valence-electron chi connectivity index (χ3n) is 6.77. The number of furan rings is 1. The number of aromatic nitrogens is 2. The number of fused-ring (bicyclic) bond motifs is 2. The fourth-order valence-electron chi connectivity index (χ4n) is 4.62. The molecule has 37 heavy (non-hydrogen) atoms. The van der Waals surface area contributed by atoms with E-state index in [-0.39, 0.29) is 17.4 Å². The largest absolute Gasteiger partial charge is 0.465 e. The summed E-state index contributed by atoms with van der Waals surface area (Å²) in [6, 6.07) is 12.3. The van der Waals surface area contributed by atoms with Gasteiger partial charge in [0.25, 0.3) is 11.8 Å². The summed E-state index contributed by atoms with van der Waals surface area (Å²) in [6.07, 6.45) is 2.63. The number of nitrogens with zero attached hydrogens (tertiary/aromatic N) is 2. The zero-order valence-corrected chi connectivity index (χ0v) is 20.8. The van der Waals surface area contributed by atoms with Gasteiger partial charge in [-0.3, -0.25) is 9.59 Å². The summed E-state index contributed by atoms with van der Waals surface area (Å²) < 4.78 is 10.5. The van der Waals surface area contributed by atoms with Crippen molar-refractivity contribution < 1.29 is 23.5 Å². The van der Waals surface area contributed by atoms with E-state index in [4.69, 9.17) is 9.15 Å². The summed E-state index contributed by atoms with van der Waals surface area (Å²) in [4.78, 5) is 45.6. The second kappa shape index (κ2) is 9.85. The summed E-state index contributed by atoms with van der Waals surface area (Å²) in [5.74, 6) is -0.329. The van der Waals surface area contributed by atoms with Crippen LogP contribution in [0.5, 0.6) is 0 Å². The molecule has 0 bridgehead atoms. The minimum absolute atomic E-state index is 0.102. The monoisotopic (exact) mass is 498 g/mol. The van der Waals surface area contributed by atoms with Crippen molar-refractivity contribution in [2.75, 3.05) is 7.11 Å². The number of rotatable bonds is 6. The number of methoxy groups -OCH3 is 1. The number of ether oxygens (including phenoxy) is 1. The second-order valence-corrected chi connectivity index (χ2v) is 9.05. The van der Waals surface area contributed by atoms with Crippen LogP contribution in [0.25, 0.3) is 11.0 Å². The third kappa shape index (κ3) is 4.80. The van der Waals surface area contributed by atoms with Gasteiger partial charge in [-0.1, -0.05) is 12.1 Å². The van der Waals surface area contributed by atoms with Crippen LogP contribution in [0.2, 0.25) is 0 Å². The maximum atomic E-state index is 12.9. The summed E-state index contributed by atoms with van der Waals surface area (Å²) in [5.41, 5.74) is 5.44. The molecule has 2 amide bonds. The molecular formula is C28H26N4O5. The second-order valence-electron chi connectivity index (χ2n) is 9.05. The lowest BCUT2D eigenvalue weighted by Crippen LogP contribution is -2.29. The van der Waals surface area contributed by atoms with Crippen LogP contribution in [0, 0.1) is 13.8 Å². The van der Waals surface area contributed by atoms with E-state index in [1.807, 2.05) is 38.1 Å². The summed E-state index contributed by atoms with van der Waals surface area (Å²) >= 11 is 0. The van der Waals surface area contributed by atoms with Gasteiger partial charge < -0.3 is 19.8 Å². The van der Waals surface area contributed by atoms with E-state index < -0.39 is 17.8 Å². The van der Waals surface area contributed by atoms with E-state index in [2.05, 4.69) is 20.6 Å². The SMILES string of the molecule is COC(=O)c1ccc2c(c1)CC[C@@H]2NC(=O)c1cc(C(=O)NCc2ccc3oc(C)c(C)c3c2)ncn1. The molecular weight excluding hydrogens is 472 g/mol. The van der Waals surface area contributed by atoms with E-state index in [1.165, 1.54) is 19.5 Å². The van der Waals surface area contributed by atoms with Gasteiger partial charge >= 0.3 is 5.97 Å². The fraction of sp³-hybridized carbons (Fsp3) is 0.250. The molecule has 0 spiro atoms. The van der Waals surface area contributed by atoms with Crippen molar-refractivity contribution in [3.63, 3.8) is 0 Å². The van der Waals surface area contributed by atoms with Crippen LogP contribution in [0.3, 0.4) is 0 Å². The van der Waals surface area contributed by atoms with Crippen LogP contribution < -0.4 is 10.6 Å². The van der Waals surface area contributed by atoms with E-state index in [0.717, 1.165) is 45.4 Å². The molecule has 2 heterocycles. The van der Waals surface area contributed by atoms with E-state index in [0.29, 0.717) is 18.5 Å². The molecule has 0 fully saturated rings. The highest BCUT2D eigenvalue weighted by Gasteiger charge is 2.26. The summed E-state index contributed by atoms with van der Waals surface area (Å²) in [7, 11) is 1.34. The van der Waals surface area contributed by atoms with Crippen LogP contribution in [0.1, 0.15) is 71.8 Å². The van der Waals surface area contributed by atoms with Gasteiger partial charge in [0.1, 0.15) is 29.1 Å². The van der Waals surface area contributed by atoms with Crippen molar-refractivity contribution in [1.29, 1.82) is 0 Å². The molecule has 5 rings (SSSR count). The first-order chi connectivity index (χ1) is 17.8. The first-order valence-corrected chi connectivity index (χ1v) is 11.9. The predicted octanol–water partition coefficient (Wildman–Crippen LogP) is 3.97. The average Bonchev–Trinajstić information content (AvgIpc) is 3.45. The molecule has 1 aliphatic carbocycles. The topological polar surface area (TPSA) is 123 Å². The molecule has 4 aromatic rings. The van der Waals surface area contributed by atoms with Gasteiger partial charge in [0.15, 0.2) is 0 Å². The Morgan fingerprint density at radius 3 is 2.59 bits per heavy atom. The standard InChI is InChI=1S/C28H26N4O5/c1-15-16(2)37-25-9-4-17(10-21(15)25)13-29-26(33)23-12-24(31-14-30-23)27(34)32-22-8-6-18-11-19(28(35)36-3)5-7-20(18)22/h4-5,7,9-12,14,22H,6,8,13H2,1-3H3,(H,29,33)(H,32,34)/t22-/m0/s1. The molecule has 188 valence electrons. The van der Waals surface area contributed by atoms with Gasteiger partial charge in [-0.05, 0) is 73.2 Å². The quantitative estimate of drug-likeness (QED) is 0.386. The van der Waals surface area contributed by atoms with Crippen LogP contribution in [-0.4, -0.2) is 34.9 Å². The summed E-state index contributed by atoms with van der Waals surface area (Å²) in [5, 5.41) is 6.84. The Bertz CT molecular complexity index is 1540. The lowest BCUT2D eigenvalue weighted by molar-refractivity contribution is 0.0600. The number of benzene rings is 2. The summed E-state index contributed by atoms with van der Waals surface area (Å²) in [6.45, 7) is 4.23. The van der Waals surface area contributed by atoms with Crippen LogP contribution in [-0.2, 0) is 17.7 Å². The first-order valence-electron chi connectivity index (χ1n) is 11.9. The minimum atomic E-state index is -0.404. The average molecular weight is 499 g/mol. The molecule has 2 aromatic heterocycles. The third-order valence-corrected chi connectivity index (χ3v) is 6.77. The van der Waals surface area contributed by atoms with E-state index in [1.54, 1.807) is 12.1 Å². The molecule has 0 radical (unpaired) electrons. The Labute approximate surface area is 213 Å². The molecule has 9 nitrogen and oxygen atoms in total. The maximum Gasteiger partial charge on any atom is 0.337 e. The predicted molar refractivity (Wildman–Crippen MR) is 135 cm³/mol. The van der Waals surface area contributed by atoms with Crippen LogP contribution in [0.4, 0.5) is 0 Å². The van der Waals surface area contributed by atoms with Gasteiger partial charge in [-0.25, -0.2) is 14.8 Å². The van der Waals surface area contributed by atoms with Crippen LogP contribution >= 0.6 is 0 Å². The number of carbonyl (C=O) groups excluding carboxylic acids is 3. The first kappa shape index (κ1) is 24.2. The highest BCUT2D eigenvalue weighted by molar-refractivity contribution is 5.97. The molecule has 2 N–H and O–H groups in total. The lowest BCUT2D eigenvalue weighted by atomic mass is 10.0. The maximum absolute atomic E-state index is 12.9. The molecule has 1 aliphatic rings. The Morgan fingerprint density at radius 2 is 1.81 bits per heavy atom. The lowest BCUT2D eigenvalue weighted by Gasteiger charge is -2.14. The van der Waals surface area contributed by atoms with Crippen molar-refractivity contribution in [3.05, 3.63) is 93.8 Å². The van der Waals surface area contributed by atoms with Crippen LogP contribution in [0.15, 0.2) is 53.2 Å². The Balaban J connectivity index is 1.24. The minimum Gasteiger partial charge on any atom is -0.465 e. The fourth-order valence-corrected chi connectivity index (χ4v) is 4.62. The molecule has 0 unspecified atom stereocenters. The number of esters is 1.